The Morgan fingerprint density at radius 3 is 2.85 bits per heavy atom. The van der Waals surface area contributed by atoms with Crippen LogP contribution in [0.15, 0.2) is 48.5 Å². The summed E-state index contributed by atoms with van der Waals surface area (Å²) in [5, 5.41) is 3.93. The predicted octanol–water partition coefficient (Wildman–Crippen LogP) is 3.99. The van der Waals surface area contributed by atoms with Crippen molar-refractivity contribution in [3.8, 4) is 0 Å². The number of fused-ring (bicyclic) bond motifs is 2. The van der Waals surface area contributed by atoms with Gasteiger partial charge in [-0.05, 0) is 37.1 Å². The number of amides is 2. The van der Waals surface area contributed by atoms with E-state index in [0.717, 1.165) is 29.1 Å². The lowest BCUT2D eigenvalue weighted by molar-refractivity contribution is -0.118. The minimum Gasteiger partial charge on any atom is -0.324 e. The van der Waals surface area contributed by atoms with E-state index in [1.807, 2.05) is 42.5 Å². The molecule has 0 bridgehead atoms. The lowest BCUT2D eigenvalue weighted by atomic mass is 10.2. The van der Waals surface area contributed by atoms with E-state index >= 15 is 0 Å². The number of hydrogen-bond acceptors (Lipinski definition) is 4. The summed E-state index contributed by atoms with van der Waals surface area (Å²) in [7, 11) is 0. The maximum atomic E-state index is 12.8. The number of thiazole rings is 1. The Morgan fingerprint density at radius 1 is 1.15 bits per heavy atom. The minimum absolute atomic E-state index is 0.0510. The van der Waals surface area contributed by atoms with Gasteiger partial charge in [0.25, 0.3) is 0 Å². The molecule has 4 rings (SSSR count). The normalized spacial score (nSPS) is 14.0. The number of anilines is 2. The third-order valence-electron chi connectivity index (χ3n) is 4.45. The third kappa shape index (κ3) is 3.46. The van der Waals surface area contributed by atoms with Crippen molar-refractivity contribution in [1.82, 2.24) is 4.98 Å². The Hall–Kier alpha value is -2.73. The summed E-state index contributed by atoms with van der Waals surface area (Å²) in [5.74, 6) is -0.00251. The second-order valence-corrected chi connectivity index (χ2v) is 7.40. The van der Waals surface area contributed by atoms with Gasteiger partial charge in [0.2, 0.25) is 11.8 Å². The van der Waals surface area contributed by atoms with E-state index in [0.29, 0.717) is 25.1 Å². The number of hydrogen-bond donors (Lipinski definition) is 1. The van der Waals surface area contributed by atoms with Crippen LogP contribution < -0.4 is 10.2 Å². The Labute approximate surface area is 155 Å². The number of rotatable bonds is 4. The van der Waals surface area contributed by atoms with Crippen molar-refractivity contribution in [1.29, 1.82) is 0 Å². The van der Waals surface area contributed by atoms with Gasteiger partial charge >= 0.3 is 0 Å². The van der Waals surface area contributed by atoms with E-state index < -0.39 is 0 Å². The monoisotopic (exact) mass is 365 g/mol. The molecular weight excluding hydrogens is 346 g/mol. The largest absolute Gasteiger partial charge is 0.324 e. The first kappa shape index (κ1) is 16.7. The van der Waals surface area contributed by atoms with Gasteiger partial charge < -0.3 is 10.2 Å². The third-order valence-corrected chi connectivity index (χ3v) is 5.55. The molecular formula is C20H19N3O2S. The van der Waals surface area contributed by atoms with Crippen LogP contribution in [0.5, 0.6) is 0 Å². The highest BCUT2D eigenvalue weighted by atomic mass is 32.1. The highest BCUT2D eigenvalue weighted by Gasteiger charge is 2.23. The number of nitrogens with one attached hydrogen (secondary N) is 1. The summed E-state index contributed by atoms with van der Waals surface area (Å²) < 4.78 is 1.18. The van der Waals surface area contributed by atoms with Crippen molar-refractivity contribution in [3.63, 3.8) is 0 Å². The first-order valence-electron chi connectivity index (χ1n) is 8.74. The van der Waals surface area contributed by atoms with Crippen molar-refractivity contribution in [2.45, 2.75) is 25.7 Å². The fourth-order valence-corrected chi connectivity index (χ4v) is 4.18. The second kappa shape index (κ2) is 7.25. The van der Waals surface area contributed by atoms with Crippen LogP contribution in [0.4, 0.5) is 11.4 Å². The van der Waals surface area contributed by atoms with E-state index in [1.165, 1.54) is 4.70 Å². The topological polar surface area (TPSA) is 62.3 Å². The average molecular weight is 365 g/mol. The lowest BCUT2D eigenvalue weighted by Gasteiger charge is -2.22. The van der Waals surface area contributed by atoms with E-state index in [9.17, 15) is 9.59 Å². The van der Waals surface area contributed by atoms with Crippen molar-refractivity contribution in [2.75, 3.05) is 16.8 Å². The molecule has 0 spiro atoms. The zero-order chi connectivity index (χ0) is 17.9. The van der Waals surface area contributed by atoms with E-state index in [1.54, 1.807) is 16.2 Å². The molecule has 26 heavy (non-hydrogen) atoms. The molecule has 5 nitrogen and oxygen atoms in total. The quantitative estimate of drug-likeness (QED) is 0.760. The first-order valence-corrected chi connectivity index (χ1v) is 9.56. The highest BCUT2D eigenvalue weighted by Crippen LogP contribution is 2.29. The van der Waals surface area contributed by atoms with Crippen molar-refractivity contribution < 1.29 is 9.59 Å². The molecule has 1 aliphatic rings. The molecule has 2 heterocycles. The van der Waals surface area contributed by atoms with Gasteiger partial charge in [-0.3, -0.25) is 9.59 Å². The molecule has 0 fully saturated rings. The molecule has 0 radical (unpaired) electrons. The van der Waals surface area contributed by atoms with Crippen molar-refractivity contribution in [3.05, 3.63) is 53.5 Å². The van der Waals surface area contributed by atoms with Gasteiger partial charge in [-0.15, -0.1) is 11.3 Å². The minimum atomic E-state index is -0.0535. The Balaban J connectivity index is 1.42. The van der Waals surface area contributed by atoms with Gasteiger partial charge in [0.1, 0.15) is 0 Å². The maximum absolute atomic E-state index is 12.8. The molecule has 2 amide bonds. The number of carbonyl (C=O) groups excluding carboxylic acids is 2. The Morgan fingerprint density at radius 2 is 1.96 bits per heavy atom. The summed E-state index contributed by atoms with van der Waals surface area (Å²) in [6, 6.07) is 15.5. The van der Waals surface area contributed by atoms with Gasteiger partial charge in [0, 0.05) is 19.4 Å². The molecule has 0 saturated heterocycles. The van der Waals surface area contributed by atoms with Crippen LogP contribution in [0.3, 0.4) is 0 Å². The summed E-state index contributed by atoms with van der Waals surface area (Å²) in [6.07, 6.45) is 2.30. The summed E-state index contributed by atoms with van der Waals surface area (Å²) in [5.41, 5.74) is 2.50. The molecule has 0 unspecified atom stereocenters. The molecule has 0 saturated carbocycles. The molecule has 1 aromatic heterocycles. The van der Waals surface area contributed by atoms with Crippen molar-refractivity contribution in [2.24, 2.45) is 0 Å². The van der Waals surface area contributed by atoms with Gasteiger partial charge in [-0.1, -0.05) is 24.3 Å². The standard InChI is InChI=1S/C20H19N3O2S/c24-18-12-13-23(16-8-3-1-6-14(16)21-18)20(25)11-5-10-19-22-15-7-2-4-9-17(15)26-19/h1-4,6-9H,5,10-13H2,(H,21,24). The lowest BCUT2D eigenvalue weighted by Crippen LogP contribution is -2.31. The smallest absolute Gasteiger partial charge is 0.227 e. The molecule has 0 aliphatic carbocycles. The molecule has 6 heteroatoms. The van der Waals surface area contributed by atoms with Gasteiger partial charge in [-0.2, -0.15) is 0 Å². The number of aryl methyl sites for hydroxylation is 1. The second-order valence-electron chi connectivity index (χ2n) is 6.29. The van der Waals surface area contributed by atoms with Crippen LogP contribution in [-0.4, -0.2) is 23.3 Å². The fraction of sp³-hybridized carbons (Fsp3) is 0.250. The highest BCUT2D eigenvalue weighted by molar-refractivity contribution is 7.18. The molecule has 3 aromatic rings. The van der Waals surface area contributed by atoms with Crippen LogP contribution in [-0.2, 0) is 16.0 Å². The Bertz CT molecular complexity index is 933. The zero-order valence-corrected chi connectivity index (χ0v) is 15.1. The van der Waals surface area contributed by atoms with E-state index in [2.05, 4.69) is 16.4 Å². The van der Waals surface area contributed by atoms with Crippen molar-refractivity contribution >= 4 is 44.7 Å². The molecule has 1 aliphatic heterocycles. The molecule has 2 aromatic carbocycles. The van der Waals surface area contributed by atoms with Gasteiger partial charge in [0.05, 0.1) is 26.6 Å². The Kier molecular flexibility index (Phi) is 4.67. The number of aromatic nitrogens is 1. The van der Waals surface area contributed by atoms with Crippen LogP contribution in [0, 0.1) is 0 Å². The van der Waals surface area contributed by atoms with Gasteiger partial charge in [0.15, 0.2) is 0 Å². The molecule has 0 atom stereocenters. The first-order chi connectivity index (χ1) is 12.7. The van der Waals surface area contributed by atoms with Crippen LogP contribution in [0.25, 0.3) is 10.2 Å². The average Bonchev–Trinajstić information content (AvgIpc) is 2.97. The fourth-order valence-electron chi connectivity index (χ4n) is 3.17. The number of carbonyl (C=O) groups is 2. The van der Waals surface area contributed by atoms with Crippen LogP contribution in [0.1, 0.15) is 24.3 Å². The van der Waals surface area contributed by atoms with Crippen LogP contribution in [0.2, 0.25) is 0 Å². The number of nitrogens with zero attached hydrogens (tertiary/aromatic N) is 2. The number of para-hydroxylation sites is 3. The van der Waals surface area contributed by atoms with E-state index in [4.69, 9.17) is 0 Å². The predicted molar refractivity (Wildman–Crippen MR) is 105 cm³/mol. The van der Waals surface area contributed by atoms with E-state index in [-0.39, 0.29) is 11.8 Å². The maximum Gasteiger partial charge on any atom is 0.227 e. The zero-order valence-electron chi connectivity index (χ0n) is 14.3. The van der Waals surface area contributed by atoms with Crippen LogP contribution >= 0.6 is 11.3 Å². The summed E-state index contributed by atoms with van der Waals surface area (Å²) in [6.45, 7) is 0.419. The molecule has 1 N–H and O–H groups in total. The SMILES string of the molecule is O=C1CCN(C(=O)CCCc2nc3ccccc3s2)c2ccccc2N1. The number of benzene rings is 2. The molecule has 132 valence electrons. The van der Waals surface area contributed by atoms with Gasteiger partial charge in [-0.25, -0.2) is 4.98 Å². The summed E-state index contributed by atoms with van der Waals surface area (Å²) >= 11 is 1.69. The summed E-state index contributed by atoms with van der Waals surface area (Å²) in [4.78, 5) is 30.9.